The number of nitrogens with one attached hydrogen (secondary N) is 1. The van der Waals surface area contributed by atoms with Gasteiger partial charge in [0.15, 0.2) is 0 Å². The fourth-order valence-electron chi connectivity index (χ4n) is 3.52. The Balaban J connectivity index is 1.67. The molecule has 3 aromatic carbocycles. The number of rotatable bonds is 6. The Bertz CT molecular complexity index is 1140. The van der Waals surface area contributed by atoms with E-state index in [-0.39, 0.29) is 23.2 Å². The summed E-state index contributed by atoms with van der Waals surface area (Å²) in [7, 11) is 0. The lowest BCUT2D eigenvalue weighted by Crippen LogP contribution is -2.48. The molecule has 1 aliphatic heterocycles. The van der Waals surface area contributed by atoms with Gasteiger partial charge in [-0.25, -0.2) is 0 Å². The van der Waals surface area contributed by atoms with Crippen molar-refractivity contribution in [3.05, 3.63) is 106 Å². The quantitative estimate of drug-likeness (QED) is 0.377. The number of benzene rings is 3. The largest absolute Gasteiger partial charge is 0.324 e. The van der Waals surface area contributed by atoms with Crippen LogP contribution in [0.4, 0.5) is 11.4 Å². The molecule has 3 amide bonds. The monoisotopic (exact) mass is 415 g/mol. The molecule has 0 aliphatic carbocycles. The second kappa shape index (κ2) is 8.19. The zero-order valence-electron chi connectivity index (χ0n) is 16.2. The Kier molecular flexibility index (Phi) is 5.28. The van der Waals surface area contributed by atoms with Crippen LogP contribution in [0.1, 0.15) is 26.3 Å². The van der Waals surface area contributed by atoms with E-state index in [0.29, 0.717) is 11.3 Å². The van der Waals surface area contributed by atoms with Crippen molar-refractivity contribution in [3.63, 3.8) is 0 Å². The number of anilines is 1. The second-order valence-electron chi connectivity index (χ2n) is 7.02. The normalized spacial score (nSPS) is 13.6. The number of hydrogen-bond acceptors (Lipinski definition) is 5. The summed E-state index contributed by atoms with van der Waals surface area (Å²) in [6.07, 6.45) is 0.0160. The Labute approximate surface area is 177 Å². The van der Waals surface area contributed by atoms with Gasteiger partial charge in [0.25, 0.3) is 17.5 Å². The molecular formula is C23H17N3O5. The van der Waals surface area contributed by atoms with Crippen molar-refractivity contribution < 1.29 is 19.3 Å². The Morgan fingerprint density at radius 3 is 1.97 bits per heavy atom. The molecule has 0 bridgehead atoms. The maximum atomic E-state index is 13.2. The number of nitrogens with zero attached hydrogens (tertiary/aromatic N) is 2. The van der Waals surface area contributed by atoms with Crippen LogP contribution in [0.3, 0.4) is 0 Å². The number of non-ortho nitro benzene ring substituents is 1. The molecule has 154 valence electrons. The van der Waals surface area contributed by atoms with E-state index in [0.717, 1.165) is 4.90 Å². The first-order valence-electron chi connectivity index (χ1n) is 9.52. The zero-order chi connectivity index (χ0) is 22.0. The maximum absolute atomic E-state index is 13.2. The van der Waals surface area contributed by atoms with Gasteiger partial charge in [0.1, 0.15) is 6.04 Å². The van der Waals surface area contributed by atoms with Crippen LogP contribution in [0, 0.1) is 10.1 Å². The summed E-state index contributed by atoms with van der Waals surface area (Å²) in [4.78, 5) is 50.5. The van der Waals surface area contributed by atoms with Gasteiger partial charge in [0.05, 0.1) is 16.1 Å². The average molecular weight is 415 g/mol. The Morgan fingerprint density at radius 2 is 1.42 bits per heavy atom. The summed E-state index contributed by atoms with van der Waals surface area (Å²) in [6, 6.07) is 19.7. The standard InChI is InChI=1S/C23H17N3O5/c27-21(24-16-6-2-1-3-7-16)20(14-15-10-12-17(13-11-15)26(30)31)25-22(28)18-8-4-5-9-19(18)23(25)29/h1-13,20H,14H2,(H,24,27)/t20-/m0/s1. The minimum atomic E-state index is -1.13. The summed E-state index contributed by atoms with van der Waals surface area (Å²) in [6.45, 7) is 0. The van der Waals surface area contributed by atoms with E-state index in [1.54, 1.807) is 54.6 Å². The SMILES string of the molecule is O=C(Nc1ccccc1)[C@H](Cc1ccc([N+](=O)[O-])cc1)N1C(=O)c2ccccc2C1=O. The van der Waals surface area contributed by atoms with Gasteiger partial charge >= 0.3 is 0 Å². The third-order valence-electron chi connectivity index (χ3n) is 5.06. The van der Waals surface area contributed by atoms with Gasteiger partial charge in [-0.1, -0.05) is 42.5 Å². The molecule has 0 saturated carbocycles. The highest BCUT2D eigenvalue weighted by atomic mass is 16.6. The number of amides is 3. The number of nitro groups is 1. The van der Waals surface area contributed by atoms with Crippen LogP contribution in [-0.4, -0.2) is 33.6 Å². The molecule has 3 aromatic rings. The first-order chi connectivity index (χ1) is 15.0. The summed E-state index contributed by atoms with van der Waals surface area (Å²) in [5.41, 5.74) is 1.50. The van der Waals surface area contributed by atoms with Crippen molar-refractivity contribution in [2.24, 2.45) is 0 Å². The van der Waals surface area contributed by atoms with E-state index in [2.05, 4.69) is 5.32 Å². The van der Waals surface area contributed by atoms with E-state index < -0.39 is 28.7 Å². The molecule has 8 heteroatoms. The van der Waals surface area contributed by atoms with Crippen LogP contribution < -0.4 is 5.32 Å². The molecule has 1 heterocycles. The minimum absolute atomic E-state index is 0.0160. The van der Waals surface area contributed by atoms with Crippen LogP contribution in [0.25, 0.3) is 0 Å². The van der Waals surface area contributed by atoms with E-state index >= 15 is 0 Å². The predicted molar refractivity (Wildman–Crippen MR) is 113 cm³/mol. The molecule has 8 nitrogen and oxygen atoms in total. The second-order valence-corrected chi connectivity index (χ2v) is 7.02. The lowest BCUT2D eigenvalue weighted by atomic mass is 10.0. The first-order valence-corrected chi connectivity index (χ1v) is 9.52. The van der Waals surface area contributed by atoms with Crippen molar-refractivity contribution in [1.29, 1.82) is 0 Å². The zero-order valence-corrected chi connectivity index (χ0v) is 16.2. The third kappa shape index (κ3) is 3.91. The molecule has 1 atom stereocenters. The highest BCUT2D eigenvalue weighted by Crippen LogP contribution is 2.27. The van der Waals surface area contributed by atoms with Crippen molar-refractivity contribution in [1.82, 2.24) is 4.90 Å². The van der Waals surface area contributed by atoms with Gasteiger partial charge in [-0.3, -0.25) is 29.4 Å². The van der Waals surface area contributed by atoms with E-state index in [9.17, 15) is 24.5 Å². The fraction of sp³-hybridized carbons (Fsp3) is 0.0870. The van der Waals surface area contributed by atoms with Crippen molar-refractivity contribution in [2.45, 2.75) is 12.5 Å². The van der Waals surface area contributed by atoms with E-state index in [1.165, 1.54) is 24.3 Å². The fourth-order valence-corrected chi connectivity index (χ4v) is 3.52. The minimum Gasteiger partial charge on any atom is -0.324 e. The molecule has 0 aromatic heterocycles. The third-order valence-corrected chi connectivity index (χ3v) is 5.06. The molecule has 0 radical (unpaired) electrons. The van der Waals surface area contributed by atoms with Crippen molar-refractivity contribution >= 4 is 29.1 Å². The number of carbonyl (C=O) groups excluding carboxylic acids is 3. The smallest absolute Gasteiger partial charge is 0.269 e. The Hall–Kier alpha value is -4.33. The van der Waals surface area contributed by atoms with Crippen LogP contribution >= 0.6 is 0 Å². The maximum Gasteiger partial charge on any atom is 0.269 e. The lowest BCUT2D eigenvalue weighted by molar-refractivity contribution is -0.384. The number of carbonyl (C=O) groups is 3. The molecule has 1 N–H and O–H groups in total. The van der Waals surface area contributed by atoms with Gasteiger partial charge < -0.3 is 5.32 Å². The first kappa shape index (κ1) is 20.0. The molecule has 4 rings (SSSR count). The summed E-state index contributed by atoms with van der Waals surface area (Å²) in [5, 5.41) is 13.7. The summed E-state index contributed by atoms with van der Waals surface area (Å²) >= 11 is 0. The van der Waals surface area contributed by atoms with E-state index in [1.807, 2.05) is 0 Å². The number of fused-ring (bicyclic) bond motifs is 1. The summed E-state index contributed by atoms with van der Waals surface area (Å²) < 4.78 is 0. The van der Waals surface area contributed by atoms with Crippen LogP contribution in [0.2, 0.25) is 0 Å². The highest BCUT2D eigenvalue weighted by Gasteiger charge is 2.42. The highest BCUT2D eigenvalue weighted by molar-refractivity contribution is 6.23. The van der Waals surface area contributed by atoms with Gasteiger partial charge in [-0.2, -0.15) is 0 Å². The van der Waals surface area contributed by atoms with Crippen LogP contribution in [0.5, 0.6) is 0 Å². The summed E-state index contributed by atoms with van der Waals surface area (Å²) in [5.74, 6) is -1.62. The molecule has 1 aliphatic rings. The molecule has 31 heavy (non-hydrogen) atoms. The lowest BCUT2D eigenvalue weighted by Gasteiger charge is -2.25. The molecule has 0 saturated heterocycles. The number of para-hydroxylation sites is 1. The van der Waals surface area contributed by atoms with Crippen molar-refractivity contribution in [3.8, 4) is 0 Å². The van der Waals surface area contributed by atoms with Crippen LogP contribution in [-0.2, 0) is 11.2 Å². The van der Waals surface area contributed by atoms with Crippen LogP contribution in [0.15, 0.2) is 78.9 Å². The molecular weight excluding hydrogens is 398 g/mol. The molecule has 0 unspecified atom stereocenters. The van der Waals surface area contributed by atoms with Gasteiger partial charge in [-0.15, -0.1) is 0 Å². The van der Waals surface area contributed by atoms with Gasteiger partial charge in [0.2, 0.25) is 5.91 Å². The molecule has 0 spiro atoms. The van der Waals surface area contributed by atoms with Gasteiger partial charge in [0, 0.05) is 24.2 Å². The molecule has 0 fully saturated rings. The number of nitro benzene ring substituents is 1. The van der Waals surface area contributed by atoms with E-state index in [4.69, 9.17) is 0 Å². The number of imide groups is 1. The Morgan fingerprint density at radius 1 is 0.871 bits per heavy atom. The average Bonchev–Trinajstić information content (AvgIpc) is 3.03. The van der Waals surface area contributed by atoms with Gasteiger partial charge in [-0.05, 0) is 29.8 Å². The topological polar surface area (TPSA) is 110 Å². The predicted octanol–water partition coefficient (Wildman–Crippen LogP) is 3.44. The van der Waals surface area contributed by atoms with Crippen molar-refractivity contribution in [2.75, 3.05) is 5.32 Å². The number of hydrogen-bond donors (Lipinski definition) is 1.